The largest absolute Gasteiger partial charge is 0.496 e. The molecule has 5 nitrogen and oxygen atoms in total. The Balaban J connectivity index is 1.68. The maximum Gasteiger partial charge on any atom is 0.339 e. The number of benzene rings is 2. The Kier molecular flexibility index (Phi) is 5.98. The van der Waals surface area contributed by atoms with Crippen LogP contribution in [0.5, 0.6) is 5.75 Å². The van der Waals surface area contributed by atoms with E-state index < -0.39 is 18.0 Å². The monoisotopic (exact) mass is 528 g/mol. The predicted octanol–water partition coefficient (Wildman–Crippen LogP) is 4.23. The van der Waals surface area contributed by atoms with Crippen molar-refractivity contribution in [3.8, 4) is 5.75 Å². The number of ether oxygens (including phenoxy) is 3. The molecule has 0 amide bonds. The lowest BCUT2D eigenvalue weighted by Gasteiger charge is -2.09. The number of halogens is 2. The summed E-state index contributed by atoms with van der Waals surface area (Å²) in [4.78, 5) is 24.2. The van der Waals surface area contributed by atoms with Gasteiger partial charge in [-0.1, -0.05) is 12.1 Å². The van der Waals surface area contributed by atoms with Crippen LogP contribution in [0.1, 0.15) is 15.9 Å². The summed E-state index contributed by atoms with van der Waals surface area (Å²) >= 11 is 5.52. The van der Waals surface area contributed by atoms with Crippen LogP contribution in [0.15, 0.2) is 53.0 Å². The second-order valence-electron chi connectivity index (χ2n) is 5.48. The van der Waals surface area contributed by atoms with Crippen molar-refractivity contribution in [2.45, 2.75) is 6.10 Å². The molecule has 0 saturated heterocycles. The minimum atomic E-state index is -0.606. The third kappa shape index (κ3) is 4.27. The van der Waals surface area contributed by atoms with E-state index in [-0.39, 0.29) is 6.61 Å². The van der Waals surface area contributed by atoms with Gasteiger partial charge in [-0.15, -0.1) is 0 Å². The number of esters is 2. The first kappa shape index (κ1) is 18.9. The van der Waals surface area contributed by atoms with Gasteiger partial charge in [0.25, 0.3) is 0 Å². The van der Waals surface area contributed by atoms with Gasteiger partial charge in [0.1, 0.15) is 12.4 Å². The normalized spacial score (nSPS) is 16.0. The molecule has 0 saturated carbocycles. The first-order valence-electron chi connectivity index (χ1n) is 7.67. The summed E-state index contributed by atoms with van der Waals surface area (Å²) in [7, 11) is 1.57. The summed E-state index contributed by atoms with van der Waals surface area (Å²) in [5, 5.41) is 0. The Hall–Kier alpha value is -1.87. The average Bonchev–Trinajstić information content (AvgIpc) is 3.00. The van der Waals surface area contributed by atoms with E-state index in [1.54, 1.807) is 49.6 Å². The predicted molar refractivity (Wildman–Crippen MR) is 108 cm³/mol. The zero-order valence-electron chi connectivity index (χ0n) is 13.7. The quantitative estimate of drug-likeness (QED) is 0.429. The maximum atomic E-state index is 12.1. The van der Waals surface area contributed by atoms with E-state index in [9.17, 15) is 9.59 Å². The second kappa shape index (κ2) is 8.22. The molecule has 1 atom stereocenters. The highest BCUT2D eigenvalue weighted by Crippen LogP contribution is 2.31. The van der Waals surface area contributed by atoms with Crippen molar-refractivity contribution < 1.29 is 23.8 Å². The van der Waals surface area contributed by atoms with E-state index >= 15 is 0 Å². The molecule has 26 heavy (non-hydrogen) atoms. The summed E-state index contributed by atoms with van der Waals surface area (Å²) in [6, 6.07) is 12.4. The molecule has 7 heteroatoms. The van der Waals surface area contributed by atoms with Gasteiger partial charge in [0.05, 0.1) is 22.7 Å². The van der Waals surface area contributed by atoms with Crippen LogP contribution in [0.3, 0.4) is 0 Å². The SMILES string of the molecule is COc1ccc(C2=CC(COC(=O)c3cccc(I)c3)OC2=O)cc1Br. The van der Waals surface area contributed by atoms with Gasteiger partial charge in [0, 0.05) is 3.57 Å². The topological polar surface area (TPSA) is 61.8 Å². The van der Waals surface area contributed by atoms with Crippen molar-refractivity contribution in [1.82, 2.24) is 0 Å². The molecule has 0 bridgehead atoms. The molecule has 2 aromatic carbocycles. The second-order valence-corrected chi connectivity index (χ2v) is 7.58. The third-order valence-corrected chi connectivity index (χ3v) is 5.02. The van der Waals surface area contributed by atoms with Crippen LogP contribution in [0.4, 0.5) is 0 Å². The lowest BCUT2D eigenvalue weighted by Crippen LogP contribution is -2.18. The standard InChI is InChI=1S/C19H14BrIO5/c1-24-17-6-5-11(8-16(17)20)15-9-14(26-19(15)23)10-25-18(22)12-3-2-4-13(21)7-12/h2-9,14H,10H2,1H3. The summed E-state index contributed by atoms with van der Waals surface area (Å²) in [6.07, 6.45) is 1.06. The smallest absolute Gasteiger partial charge is 0.339 e. The Morgan fingerprint density at radius 3 is 2.77 bits per heavy atom. The molecule has 0 aromatic heterocycles. The number of carbonyl (C=O) groups excluding carboxylic acids is 2. The number of rotatable bonds is 5. The van der Waals surface area contributed by atoms with Crippen molar-refractivity contribution in [3.05, 3.63) is 67.7 Å². The van der Waals surface area contributed by atoms with Crippen LogP contribution >= 0.6 is 38.5 Å². The van der Waals surface area contributed by atoms with Crippen molar-refractivity contribution in [2.75, 3.05) is 13.7 Å². The molecule has 0 N–H and O–H groups in total. The lowest BCUT2D eigenvalue weighted by molar-refractivity contribution is -0.139. The van der Waals surface area contributed by atoms with Crippen LogP contribution < -0.4 is 4.74 Å². The van der Waals surface area contributed by atoms with E-state index in [0.717, 1.165) is 8.04 Å². The number of hydrogen-bond donors (Lipinski definition) is 0. The third-order valence-electron chi connectivity index (χ3n) is 3.73. The van der Waals surface area contributed by atoms with Crippen LogP contribution in [-0.4, -0.2) is 31.8 Å². The first-order valence-corrected chi connectivity index (χ1v) is 9.54. The zero-order valence-corrected chi connectivity index (χ0v) is 17.4. The van der Waals surface area contributed by atoms with Gasteiger partial charge in [-0.25, -0.2) is 9.59 Å². The molecule has 1 unspecified atom stereocenters. The molecule has 1 aliphatic heterocycles. The summed E-state index contributed by atoms with van der Waals surface area (Å²) < 4.78 is 17.4. The van der Waals surface area contributed by atoms with Crippen molar-refractivity contribution in [1.29, 1.82) is 0 Å². The van der Waals surface area contributed by atoms with Crippen molar-refractivity contribution in [3.63, 3.8) is 0 Å². The molecule has 0 fully saturated rings. The fourth-order valence-corrected chi connectivity index (χ4v) is 3.56. The first-order chi connectivity index (χ1) is 12.5. The number of methoxy groups -OCH3 is 1. The highest BCUT2D eigenvalue weighted by Gasteiger charge is 2.28. The highest BCUT2D eigenvalue weighted by molar-refractivity contribution is 14.1. The highest BCUT2D eigenvalue weighted by atomic mass is 127. The van der Waals surface area contributed by atoms with E-state index in [1.165, 1.54) is 0 Å². The van der Waals surface area contributed by atoms with Gasteiger partial charge >= 0.3 is 11.9 Å². The van der Waals surface area contributed by atoms with Crippen LogP contribution in [0.25, 0.3) is 5.57 Å². The molecular weight excluding hydrogens is 515 g/mol. The molecule has 0 aliphatic carbocycles. The Morgan fingerprint density at radius 2 is 2.08 bits per heavy atom. The molecule has 0 radical (unpaired) electrons. The Labute approximate surface area is 172 Å². The molecule has 3 rings (SSSR count). The van der Waals surface area contributed by atoms with Gasteiger partial charge in [-0.05, 0) is 80.5 Å². The molecule has 2 aromatic rings. The fourth-order valence-electron chi connectivity index (χ4n) is 2.48. The van der Waals surface area contributed by atoms with Gasteiger partial charge in [-0.2, -0.15) is 0 Å². The minimum Gasteiger partial charge on any atom is -0.496 e. The fraction of sp³-hybridized carbons (Fsp3) is 0.158. The van der Waals surface area contributed by atoms with Crippen molar-refractivity contribution >= 4 is 56.0 Å². The number of cyclic esters (lactones) is 1. The summed E-state index contributed by atoms with van der Waals surface area (Å²) in [6.45, 7) is -0.0309. The van der Waals surface area contributed by atoms with E-state index in [0.29, 0.717) is 22.4 Å². The molecular formula is C19H14BrIO5. The summed E-state index contributed by atoms with van der Waals surface area (Å²) in [5.41, 5.74) is 1.60. The molecule has 0 spiro atoms. The van der Waals surface area contributed by atoms with Gasteiger partial charge < -0.3 is 14.2 Å². The van der Waals surface area contributed by atoms with Crippen LogP contribution in [-0.2, 0) is 14.3 Å². The number of carbonyl (C=O) groups is 2. The van der Waals surface area contributed by atoms with Gasteiger partial charge in [-0.3, -0.25) is 0 Å². The van der Waals surface area contributed by atoms with Crippen LogP contribution in [0, 0.1) is 3.57 Å². The molecule has 1 aliphatic rings. The van der Waals surface area contributed by atoms with E-state index in [1.807, 2.05) is 6.07 Å². The molecule has 134 valence electrons. The number of hydrogen-bond acceptors (Lipinski definition) is 5. The minimum absolute atomic E-state index is 0.0309. The van der Waals surface area contributed by atoms with Gasteiger partial charge in [0.15, 0.2) is 6.10 Å². The zero-order chi connectivity index (χ0) is 18.7. The Morgan fingerprint density at radius 1 is 1.27 bits per heavy atom. The lowest BCUT2D eigenvalue weighted by atomic mass is 10.1. The van der Waals surface area contributed by atoms with E-state index in [4.69, 9.17) is 14.2 Å². The maximum absolute atomic E-state index is 12.1. The molecule has 1 heterocycles. The van der Waals surface area contributed by atoms with Gasteiger partial charge in [0.2, 0.25) is 0 Å². The Bertz CT molecular complexity index is 893. The van der Waals surface area contributed by atoms with E-state index in [2.05, 4.69) is 38.5 Å². The summed E-state index contributed by atoms with van der Waals surface area (Å²) in [5.74, 6) is -0.227. The van der Waals surface area contributed by atoms with Crippen LogP contribution in [0.2, 0.25) is 0 Å². The average molecular weight is 529 g/mol. The van der Waals surface area contributed by atoms with Crippen molar-refractivity contribution in [2.24, 2.45) is 0 Å².